The SMILES string of the molecule is CC(Cl)C(=O)NCC1=CS(=O)(=O)c2ccccc21. The van der Waals surface area contributed by atoms with Crippen molar-refractivity contribution in [3.63, 3.8) is 0 Å². The summed E-state index contributed by atoms with van der Waals surface area (Å²) >= 11 is 5.62. The van der Waals surface area contributed by atoms with E-state index < -0.39 is 15.2 Å². The second-order valence-electron chi connectivity index (χ2n) is 4.02. The lowest BCUT2D eigenvalue weighted by atomic mass is 10.1. The molecule has 1 unspecified atom stereocenters. The summed E-state index contributed by atoms with van der Waals surface area (Å²) < 4.78 is 23.7. The molecule has 1 N–H and O–H groups in total. The van der Waals surface area contributed by atoms with Gasteiger partial charge in [0, 0.05) is 12.0 Å². The highest BCUT2D eigenvalue weighted by molar-refractivity contribution is 7.95. The summed E-state index contributed by atoms with van der Waals surface area (Å²) in [5, 5.41) is 3.15. The lowest BCUT2D eigenvalue weighted by Gasteiger charge is -2.07. The summed E-state index contributed by atoms with van der Waals surface area (Å²) in [5.41, 5.74) is 1.22. The molecule has 1 aliphatic heterocycles. The molecule has 0 saturated carbocycles. The molecule has 0 spiro atoms. The molecule has 4 nitrogen and oxygen atoms in total. The van der Waals surface area contributed by atoms with E-state index in [9.17, 15) is 13.2 Å². The molecule has 1 heterocycles. The number of carbonyl (C=O) groups excluding carboxylic acids is 1. The molecule has 1 aromatic rings. The number of halogens is 1. The average Bonchev–Trinajstić information content (AvgIpc) is 2.59. The van der Waals surface area contributed by atoms with Crippen LogP contribution in [0, 0.1) is 0 Å². The van der Waals surface area contributed by atoms with Crippen molar-refractivity contribution in [2.45, 2.75) is 17.2 Å². The summed E-state index contributed by atoms with van der Waals surface area (Å²) in [5.74, 6) is -0.320. The van der Waals surface area contributed by atoms with E-state index in [4.69, 9.17) is 11.6 Å². The van der Waals surface area contributed by atoms with E-state index in [1.807, 2.05) is 0 Å². The average molecular weight is 286 g/mol. The van der Waals surface area contributed by atoms with Gasteiger partial charge in [0.1, 0.15) is 5.38 Å². The van der Waals surface area contributed by atoms with Crippen LogP contribution in [0.2, 0.25) is 0 Å². The molecule has 6 heteroatoms. The molecule has 96 valence electrons. The normalized spacial score (nSPS) is 17.8. The number of hydrogen-bond acceptors (Lipinski definition) is 3. The van der Waals surface area contributed by atoms with Crippen molar-refractivity contribution < 1.29 is 13.2 Å². The largest absolute Gasteiger partial charge is 0.351 e. The number of rotatable bonds is 3. The molecule has 1 aliphatic rings. The Morgan fingerprint density at radius 2 is 2.06 bits per heavy atom. The number of amides is 1. The minimum absolute atomic E-state index is 0.159. The predicted octanol–water partition coefficient (Wildman–Crippen LogP) is 1.56. The van der Waals surface area contributed by atoms with Crippen LogP contribution in [0.15, 0.2) is 34.6 Å². The first-order valence-corrected chi connectivity index (χ1v) is 7.37. The second kappa shape index (κ2) is 4.74. The van der Waals surface area contributed by atoms with Crippen LogP contribution >= 0.6 is 11.6 Å². The van der Waals surface area contributed by atoms with Crippen molar-refractivity contribution in [3.05, 3.63) is 35.2 Å². The molecular weight excluding hydrogens is 274 g/mol. The molecule has 0 saturated heterocycles. The Morgan fingerprint density at radius 1 is 1.39 bits per heavy atom. The first kappa shape index (κ1) is 13.1. The highest BCUT2D eigenvalue weighted by Gasteiger charge is 2.26. The maximum Gasteiger partial charge on any atom is 0.238 e. The highest BCUT2D eigenvalue weighted by Crippen LogP contribution is 2.32. The van der Waals surface area contributed by atoms with Crippen molar-refractivity contribution in [1.29, 1.82) is 0 Å². The molecule has 0 fully saturated rings. The van der Waals surface area contributed by atoms with Gasteiger partial charge in [-0.05, 0) is 24.1 Å². The number of carbonyl (C=O) groups is 1. The first-order chi connectivity index (χ1) is 8.42. The molecule has 2 rings (SSSR count). The number of sulfone groups is 1. The molecule has 18 heavy (non-hydrogen) atoms. The van der Waals surface area contributed by atoms with Crippen LogP contribution in [0.25, 0.3) is 5.57 Å². The van der Waals surface area contributed by atoms with Gasteiger partial charge in [-0.1, -0.05) is 18.2 Å². The lowest BCUT2D eigenvalue weighted by molar-refractivity contribution is -0.120. The third-order valence-electron chi connectivity index (χ3n) is 2.65. The maximum absolute atomic E-state index is 11.8. The van der Waals surface area contributed by atoms with Crippen molar-refractivity contribution in [3.8, 4) is 0 Å². The van der Waals surface area contributed by atoms with Gasteiger partial charge >= 0.3 is 0 Å². The van der Waals surface area contributed by atoms with Crippen LogP contribution in [0.5, 0.6) is 0 Å². The Hall–Kier alpha value is -1.33. The second-order valence-corrected chi connectivity index (χ2v) is 6.44. The van der Waals surface area contributed by atoms with Gasteiger partial charge in [-0.15, -0.1) is 11.6 Å². The van der Waals surface area contributed by atoms with Crippen LogP contribution in [0.1, 0.15) is 12.5 Å². The Bertz CT molecular complexity index is 620. The van der Waals surface area contributed by atoms with Crippen molar-refractivity contribution in [2.75, 3.05) is 6.54 Å². The summed E-state index contributed by atoms with van der Waals surface area (Å²) in [6.07, 6.45) is 0. The zero-order valence-electron chi connectivity index (χ0n) is 9.68. The van der Waals surface area contributed by atoms with Crippen molar-refractivity contribution >= 4 is 32.9 Å². The summed E-state index contributed by atoms with van der Waals surface area (Å²) in [4.78, 5) is 11.6. The minimum Gasteiger partial charge on any atom is -0.351 e. The molecule has 0 aromatic heterocycles. The highest BCUT2D eigenvalue weighted by atomic mass is 35.5. The zero-order chi connectivity index (χ0) is 13.3. The molecule has 1 aromatic carbocycles. The number of alkyl halides is 1. The van der Waals surface area contributed by atoms with E-state index in [2.05, 4.69) is 5.32 Å². The fourth-order valence-corrected chi connectivity index (χ4v) is 3.32. The van der Waals surface area contributed by atoms with Crippen LogP contribution in [-0.2, 0) is 14.6 Å². The van der Waals surface area contributed by atoms with Crippen LogP contribution in [0.3, 0.4) is 0 Å². The molecule has 1 amide bonds. The standard InChI is InChI=1S/C12H12ClNO3S/c1-8(13)12(15)14-6-9-7-18(16,17)11-5-3-2-4-10(9)11/h2-5,7-8H,6H2,1H3,(H,14,15). The molecular formula is C12H12ClNO3S. The molecule has 0 radical (unpaired) electrons. The van der Waals surface area contributed by atoms with Crippen LogP contribution in [-0.4, -0.2) is 26.2 Å². The van der Waals surface area contributed by atoms with E-state index >= 15 is 0 Å². The minimum atomic E-state index is -3.37. The number of nitrogens with one attached hydrogen (secondary N) is 1. The van der Waals surface area contributed by atoms with Gasteiger partial charge in [0.05, 0.1) is 4.90 Å². The summed E-state index contributed by atoms with van der Waals surface area (Å²) in [7, 11) is -3.37. The summed E-state index contributed by atoms with van der Waals surface area (Å²) in [6, 6.07) is 6.72. The lowest BCUT2D eigenvalue weighted by Crippen LogP contribution is -2.30. The number of fused-ring (bicyclic) bond motifs is 1. The van der Waals surface area contributed by atoms with E-state index in [1.54, 1.807) is 31.2 Å². The van der Waals surface area contributed by atoms with Crippen molar-refractivity contribution in [2.24, 2.45) is 0 Å². The third kappa shape index (κ3) is 2.42. The predicted molar refractivity (Wildman–Crippen MR) is 69.9 cm³/mol. The van der Waals surface area contributed by atoms with E-state index in [0.717, 1.165) is 0 Å². The Kier molecular flexibility index (Phi) is 3.45. The topological polar surface area (TPSA) is 63.2 Å². The van der Waals surface area contributed by atoms with Gasteiger partial charge in [-0.2, -0.15) is 0 Å². The zero-order valence-corrected chi connectivity index (χ0v) is 11.3. The van der Waals surface area contributed by atoms with Gasteiger partial charge in [-0.25, -0.2) is 8.42 Å². The number of hydrogen-bond donors (Lipinski definition) is 1. The Morgan fingerprint density at radius 3 is 2.72 bits per heavy atom. The molecule has 0 bridgehead atoms. The summed E-state index contributed by atoms with van der Waals surface area (Å²) in [6.45, 7) is 1.72. The quantitative estimate of drug-likeness (QED) is 0.857. The van der Waals surface area contributed by atoms with Crippen LogP contribution in [0.4, 0.5) is 0 Å². The van der Waals surface area contributed by atoms with Gasteiger partial charge in [0.25, 0.3) is 0 Å². The van der Waals surface area contributed by atoms with Crippen molar-refractivity contribution in [1.82, 2.24) is 5.32 Å². The Labute approximate surface area is 111 Å². The van der Waals surface area contributed by atoms with E-state index in [-0.39, 0.29) is 17.3 Å². The molecule has 1 atom stereocenters. The van der Waals surface area contributed by atoms with Gasteiger partial charge < -0.3 is 5.32 Å². The molecule has 0 aliphatic carbocycles. The first-order valence-electron chi connectivity index (χ1n) is 5.38. The van der Waals surface area contributed by atoms with E-state index in [0.29, 0.717) is 11.1 Å². The maximum atomic E-state index is 11.8. The van der Waals surface area contributed by atoms with E-state index in [1.165, 1.54) is 5.41 Å². The third-order valence-corrected chi connectivity index (χ3v) is 4.41. The fraction of sp³-hybridized carbons (Fsp3) is 0.250. The number of benzene rings is 1. The van der Waals surface area contributed by atoms with Gasteiger partial charge in [0.15, 0.2) is 0 Å². The van der Waals surface area contributed by atoms with Gasteiger partial charge in [0.2, 0.25) is 15.7 Å². The fourth-order valence-electron chi connectivity index (χ4n) is 1.75. The Balaban J connectivity index is 2.24. The smallest absolute Gasteiger partial charge is 0.238 e. The monoisotopic (exact) mass is 285 g/mol. The van der Waals surface area contributed by atoms with Gasteiger partial charge in [-0.3, -0.25) is 4.79 Å². The van der Waals surface area contributed by atoms with Crippen LogP contribution < -0.4 is 5.32 Å².